The molecule has 0 amide bonds. The summed E-state index contributed by atoms with van der Waals surface area (Å²) in [7, 11) is 1.59. The number of fused-ring (bicyclic) bond motifs is 1. The number of aromatic hydroxyl groups is 1. The number of ether oxygens (including phenoxy) is 2. The third kappa shape index (κ3) is 2.44. The van der Waals surface area contributed by atoms with Crippen LogP contribution in [-0.2, 0) is 0 Å². The standard InChI is InChI=1S/C17H16O4/c1-10-7-13-14(19)8-16(11-3-5-12(18)6-4-11)21-17(13)9-15(10)20-2/h3-7,9,16,18H,8H2,1-2H3. The second-order valence-electron chi connectivity index (χ2n) is 5.14. The van der Waals surface area contributed by atoms with Crippen molar-refractivity contribution in [3.8, 4) is 17.2 Å². The van der Waals surface area contributed by atoms with Crippen molar-refractivity contribution in [1.29, 1.82) is 0 Å². The van der Waals surface area contributed by atoms with Gasteiger partial charge in [-0.1, -0.05) is 12.1 Å². The largest absolute Gasteiger partial charge is 0.508 e. The maximum absolute atomic E-state index is 12.3. The van der Waals surface area contributed by atoms with Gasteiger partial charge in [0.05, 0.1) is 19.1 Å². The van der Waals surface area contributed by atoms with Gasteiger partial charge in [-0.05, 0) is 36.2 Å². The first-order chi connectivity index (χ1) is 10.1. The molecule has 1 heterocycles. The van der Waals surface area contributed by atoms with Gasteiger partial charge < -0.3 is 14.6 Å². The van der Waals surface area contributed by atoms with Gasteiger partial charge in [-0.15, -0.1) is 0 Å². The molecule has 0 saturated carbocycles. The predicted molar refractivity (Wildman–Crippen MR) is 78.2 cm³/mol. The van der Waals surface area contributed by atoms with Crippen molar-refractivity contribution < 1.29 is 19.4 Å². The van der Waals surface area contributed by atoms with Crippen molar-refractivity contribution in [2.45, 2.75) is 19.4 Å². The van der Waals surface area contributed by atoms with E-state index in [9.17, 15) is 9.90 Å². The zero-order valence-electron chi connectivity index (χ0n) is 11.9. The number of hydrogen-bond acceptors (Lipinski definition) is 4. The average Bonchev–Trinajstić information content (AvgIpc) is 2.48. The van der Waals surface area contributed by atoms with Crippen molar-refractivity contribution in [3.63, 3.8) is 0 Å². The van der Waals surface area contributed by atoms with Crippen molar-refractivity contribution in [2.75, 3.05) is 7.11 Å². The second kappa shape index (κ2) is 5.13. The quantitative estimate of drug-likeness (QED) is 0.918. The van der Waals surface area contributed by atoms with Crippen LogP contribution in [0.2, 0.25) is 0 Å². The Morgan fingerprint density at radius 1 is 1.24 bits per heavy atom. The SMILES string of the molecule is COc1cc2c(cc1C)C(=O)CC(c1ccc(O)cc1)O2. The normalized spacial score (nSPS) is 17.0. The lowest BCUT2D eigenvalue weighted by Crippen LogP contribution is -2.20. The average molecular weight is 284 g/mol. The summed E-state index contributed by atoms with van der Waals surface area (Å²) >= 11 is 0. The molecule has 0 saturated heterocycles. The highest BCUT2D eigenvalue weighted by molar-refractivity contribution is 6.00. The highest BCUT2D eigenvalue weighted by atomic mass is 16.5. The van der Waals surface area contributed by atoms with Crippen LogP contribution in [0.15, 0.2) is 36.4 Å². The van der Waals surface area contributed by atoms with E-state index in [-0.39, 0.29) is 17.6 Å². The van der Waals surface area contributed by atoms with Crippen LogP contribution in [-0.4, -0.2) is 18.0 Å². The van der Waals surface area contributed by atoms with E-state index in [1.54, 1.807) is 37.4 Å². The Bertz CT molecular complexity index is 689. The van der Waals surface area contributed by atoms with E-state index >= 15 is 0 Å². The van der Waals surface area contributed by atoms with E-state index in [4.69, 9.17) is 9.47 Å². The molecule has 2 aromatic carbocycles. The van der Waals surface area contributed by atoms with E-state index < -0.39 is 0 Å². The molecule has 1 aliphatic heterocycles. The van der Waals surface area contributed by atoms with Gasteiger partial charge in [-0.3, -0.25) is 4.79 Å². The van der Waals surface area contributed by atoms with Crippen LogP contribution in [0, 0.1) is 6.92 Å². The van der Waals surface area contributed by atoms with Crippen LogP contribution < -0.4 is 9.47 Å². The fourth-order valence-corrected chi connectivity index (χ4v) is 2.55. The molecule has 0 spiro atoms. The topological polar surface area (TPSA) is 55.8 Å². The number of ketones is 1. The Morgan fingerprint density at radius 3 is 2.62 bits per heavy atom. The number of Topliss-reactive ketones (excluding diaryl/α,β-unsaturated/α-hetero) is 1. The third-order valence-corrected chi connectivity index (χ3v) is 3.70. The summed E-state index contributed by atoms with van der Waals surface area (Å²) in [6.45, 7) is 1.90. The first-order valence-electron chi connectivity index (χ1n) is 6.76. The first-order valence-corrected chi connectivity index (χ1v) is 6.76. The van der Waals surface area contributed by atoms with Gasteiger partial charge in [-0.2, -0.15) is 0 Å². The molecule has 1 atom stereocenters. The lowest BCUT2D eigenvalue weighted by atomic mass is 9.95. The third-order valence-electron chi connectivity index (χ3n) is 3.70. The van der Waals surface area contributed by atoms with Crippen molar-refractivity contribution in [2.24, 2.45) is 0 Å². The first kappa shape index (κ1) is 13.5. The molecule has 1 N–H and O–H groups in total. The van der Waals surface area contributed by atoms with Crippen LogP contribution >= 0.6 is 0 Å². The fraction of sp³-hybridized carbons (Fsp3) is 0.235. The Hall–Kier alpha value is -2.49. The van der Waals surface area contributed by atoms with E-state index in [0.717, 1.165) is 11.1 Å². The summed E-state index contributed by atoms with van der Waals surface area (Å²) in [5.74, 6) is 1.50. The Balaban J connectivity index is 1.97. The molecule has 4 nitrogen and oxygen atoms in total. The molecule has 108 valence electrons. The molecule has 2 aromatic rings. The van der Waals surface area contributed by atoms with Gasteiger partial charge in [-0.25, -0.2) is 0 Å². The Labute approximate surface area is 122 Å². The number of carbonyl (C=O) groups is 1. The van der Waals surface area contributed by atoms with Crippen molar-refractivity contribution in [1.82, 2.24) is 0 Å². The van der Waals surface area contributed by atoms with Crippen LogP contribution in [0.1, 0.15) is 34.0 Å². The molecule has 0 radical (unpaired) electrons. The summed E-state index contributed by atoms with van der Waals surface area (Å²) in [6.07, 6.45) is -0.0400. The van der Waals surface area contributed by atoms with Crippen LogP contribution in [0.5, 0.6) is 17.2 Å². The maximum atomic E-state index is 12.3. The van der Waals surface area contributed by atoms with Gasteiger partial charge in [0.25, 0.3) is 0 Å². The number of hydrogen-bond donors (Lipinski definition) is 1. The molecule has 0 fully saturated rings. The predicted octanol–water partition coefficient (Wildman–Crippen LogP) is 3.42. The number of phenols is 1. The van der Waals surface area contributed by atoms with Crippen LogP contribution in [0.3, 0.4) is 0 Å². The molecular weight excluding hydrogens is 268 g/mol. The molecule has 0 aliphatic carbocycles. The van der Waals surface area contributed by atoms with Gasteiger partial charge in [0, 0.05) is 6.07 Å². The van der Waals surface area contributed by atoms with Gasteiger partial charge >= 0.3 is 0 Å². The number of aryl methyl sites for hydroxylation is 1. The molecule has 1 aliphatic rings. The number of carbonyl (C=O) groups excluding carboxylic acids is 1. The highest BCUT2D eigenvalue weighted by Gasteiger charge is 2.28. The van der Waals surface area contributed by atoms with E-state index in [2.05, 4.69) is 0 Å². The summed E-state index contributed by atoms with van der Waals surface area (Å²) < 4.78 is 11.2. The molecular formula is C17H16O4. The lowest BCUT2D eigenvalue weighted by molar-refractivity contribution is 0.0849. The van der Waals surface area contributed by atoms with Crippen LogP contribution in [0.4, 0.5) is 0 Å². The monoisotopic (exact) mass is 284 g/mol. The van der Waals surface area contributed by atoms with Crippen molar-refractivity contribution >= 4 is 5.78 Å². The summed E-state index contributed by atoms with van der Waals surface area (Å²) in [4.78, 5) is 12.3. The number of rotatable bonds is 2. The minimum atomic E-state index is -0.335. The summed E-state index contributed by atoms with van der Waals surface area (Å²) in [5, 5.41) is 9.34. The maximum Gasteiger partial charge on any atom is 0.170 e. The minimum Gasteiger partial charge on any atom is -0.508 e. The zero-order valence-corrected chi connectivity index (χ0v) is 11.9. The Kier molecular flexibility index (Phi) is 3.29. The fourth-order valence-electron chi connectivity index (χ4n) is 2.55. The van der Waals surface area contributed by atoms with Crippen molar-refractivity contribution in [3.05, 3.63) is 53.1 Å². The molecule has 1 unspecified atom stereocenters. The molecule has 0 aromatic heterocycles. The molecule has 21 heavy (non-hydrogen) atoms. The van der Waals surface area contributed by atoms with Crippen LogP contribution in [0.25, 0.3) is 0 Å². The lowest BCUT2D eigenvalue weighted by Gasteiger charge is -2.26. The number of phenolic OH excluding ortho intramolecular Hbond substituents is 1. The smallest absolute Gasteiger partial charge is 0.170 e. The molecule has 4 heteroatoms. The second-order valence-corrected chi connectivity index (χ2v) is 5.14. The van der Waals surface area contributed by atoms with E-state index in [0.29, 0.717) is 23.5 Å². The van der Waals surface area contributed by atoms with E-state index in [1.807, 2.05) is 13.0 Å². The summed E-state index contributed by atoms with van der Waals surface area (Å²) in [6, 6.07) is 10.3. The summed E-state index contributed by atoms with van der Waals surface area (Å²) in [5.41, 5.74) is 2.38. The van der Waals surface area contributed by atoms with Gasteiger partial charge in [0.2, 0.25) is 0 Å². The highest BCUT2D eigenvalue weighted by Crippen LogP contribution is 2.38. The molecule has 3 rings (SSSR count). The zero-order chi connectivity index (χ0) is 15.0. The number of methoxy groups -OCH3 is 1. The molecule has 0 bridgehead atoms. The Morgan fingerprint density at radius 2 is 1.95 bits per heavy atom. The number of benzene rings is 2. The minimum absolute atomic E-state index is 0.0556. The van der Waals surface area contributed by atoms with E-state index in [1.165, 1.54) is 0 Å². The van der Waals surface area contributed by atoms with Gasteiger partial charge in [0.15, 0.2) is 5.78 Å². The van der Waals surface area contributed by atoms with Gasteiger partial charge in [0.1, 0.15) is 23.4 Å².